The fourth-order valence-corrected chi connectivity index (χ4v) is 11.4. The molecule has 1 heterocycles. The maximum atomic E-state index is 7.20. The van der Waals surface area contributed by atoms with Gasteiger partial charge in [0.15, 0.2) is 0 Å². The summed E-state index contributed by atoms with van der Waals surface area (Å²) >= 11 is 0. The van der Waals surface area contributed by atoms with Crippen LogP contribution < -0.4 is 0 Å². The molecule has 0 amide bonds. The van der Waals surface area contributed by atoms with Crippen LogP contribution in [0.1, 0.15) is 136 Å². The third-order valence-electron chi connectivity index (χ3n) is 13.4. The highest BCUT2D eigenvalue weighted by Crippen LogP contribution is 2.63. The van der Waals surface area contributed by atoms with Crippen LogP contribution in [-0.2, 0) is 9.47 Å². The molecule has 9 unspecified atom stereocenters. The van der Waals surface area contributed by atoms with Crippen molar-refractivity contribution in [2.75, 3.05) is 13.2 Å². The smallest absolute Gasteiger partial charge is 0.0612 e. The Morgan fingerprint density at radius 3 is 2.22 bits per heavy atom. The molecule has 1 aliphatic heterocycles. The molecule has 0 aromatic heterocycles. The van der Waals surface area contributed by atoms with E-state index in [-0.39, 0.29) is 0 Å². The van der Waals surface area contributed by atoms with Crippen LogP contribution in [0.25, 0.3) is 0 Å². The van der Waals surface area contributed by atoms with Crippen LogP contribution in [0.4, 0.5) is 0 Å². The van der Waals surface area contributed by atoms with Crippen molar-refractivity contribution in [3.8, 4) is 0 Å². The topological polar surface area (TPSA) is 18.5 Å². The molecule has 36 heavy (non-hydrogen) atoms. The summed E-state index contributed by atoms with van der Waals surface area (Å²) in [5.74, 6) is 5.70. The van der Waals surface area contributed by atoms with Crippen LogP contribution in [0.15, 0.2) is 0 Å². The third kappa shape index (κ3) is 4.76. The molecule has 2 heteroatoms. The van der Waals surface area contributed by atoms with Crippen LogP contribution >= 0.6 is 0 Å². The lowest BCUT2D eigenvalue weighted by atomic mass is 9.45. The van der Waals surface area contributed by atoms with E-state index in [1.54, 1.807) is 0 Å². The molecule has 1 saturated heterocycles. The van der Waals surface area contributed by atoms with Gasteiger partial charge in [-0.1, -0.05) is 72.1 Å². The van der Waals surface area contributed by atoms with Gasteiger partial charge in [-0.25, -0.2) is 0 Å². The average molecular weight is 499 g/mol. The molecule has 5 saturated carbocycles. The zero-order chi connectivity index (χ0) is 24.8. The first-order valence-electron chi connectivity index (χ1n) is 16.7. The Bertz CT molecular complexity index is 727. The van der Waals surface area contributed by atoms with Gasteiger partial charge < -0.3 is 9.47 Å². The van der Waals surface area contributed by atoms with E-state index >= 15 is 0 Å². The fraction of sp³-hybridized carbons (Fsp3) is 1.00. The Balaban J connectivity index is 1.29. The summed E-state index contributed by atoms with van der Waals surface area (Å²) in [6.45, 7) is 9.73. The quantitative estimate of drug-likeness (QED) is 0.386. The lowest BCUT2D eigenvalue weighted by Crippen LogP contribution is -2.59. The summed E-state index contributed by atoms with van der Waals surface area (Å²) in [6.07, 6.45) is 26.7. The molecule has 0 radical (unpaired) electrons. The second kappa shape index (κ2) is 10.8. The average Bonchev–Trinajstić information content (AvgIpc) is 2.97. The zero-order valence-electron chi connectivity index (χ0n) is 24.2. The molecule has 0 aromatic carbocycles. The van der Waals surface area contributed by atoms with E-state index in [4.69, 9.17) is 9.47 Å². The van der Waals surface area contributed by atoms with Crippen LogP contribution in [0.3, 0.4) is 0 Å². The molecule has 5 aliphatic carbocycles. The van der Waals surface area contributed by atoms with Crippen molar-refractivity contribution in [3.63, 3.8) is 0 Å². The van der Waals surface area contributed by atoms with Gasteiger partial charge in [-0.05, 0) is 111 Å². The Labute approximate surface area is 223 Å². The molecule has 0 aromatic rings. The number of hydrogen-bond acceptors (Lipinski definition) is 2. The Hall–Kier alpha value is -0.0800. The van der Waals surface area contributed by atoms with Crippen molar-refractivity contribution in [2.24, 2.45) is 52.3 Å². The predicted octanol–water partition coefficient (Wildman–Crippen LogP) is 9.21. The van der Waals surface area contributed by atoms with Crippen molar-refractivity contribution >= 4 is 0 Å². The van der Waals surface area contributed by atoms with E-state index in [2.05, 4.69) is 20.8 Å². The molecular formula is C34H58O2. The first-order valence-corrected chi connectivity index (χ1v) is 16.7. The molecule has 206 valence electrons. The minimum atomic E-state index is 0.473. The standard InChI is InChI=1S/C34H58O2/c1-4-9-24-12-14-25(15-13-24)26-22-35-29-18-21-33(2)19-7-6-11-28(33)31(29)32-30(36-23-26)17-16-27-10-5-8-20-34(27,32)3/h24-32H,4-23H2,1-3H3. The molecule has 6 rings (SSSR count). The zero-order valence-corrected chi connectivity index (χ0v) is 24.2. The van der Waals surface area contributed by atoms with E-state index in [1.807, 2.05) is 0 Å². The minimum absolute atomic E-state index is 0.473. The van der Waals surface area contributed by atoms with Crippen molar-refractivity contribution in [2.45, 2.75) is 149 Å². The molecule has 9 atom stereocenters. The summed E-state index contributed by atoms with van der Waals surface area (Å²) in [4.78, 5) is 0. The van der Waals surface area contributed by atoms with E-state index in [1.165, 1.54) is 116 Å². The van der Waals surface area contributed by atoms with Crippen LogP contribution in [0.2, 0.25) is 0 Å². The van der Waals surface area contributed by atoms with Gasteiger partial charge in [-0.2, -0.15) is 0 Å². The summed E-state index contributed by atoms with van der Waals surface area (Å²) in [5, 5.41) is 0. The van der Waals surface area contributed by atoms with Crippen molar-refractivity contribution in [3.05, 3.63) is 0 Å². The van der Waals surface area contributed by atoms with E-state index in [0.717, 1.165) is 48.7 Å². The Morgan fingerprint density at radius 1 is 0.667 bits per heavy atom. The van der Waals surface area contributed by atoms with Gasteiger partial charge in [-0.3, -0.25) is 0 Å². The normalized spacial score (nSPS) is 51.9. The maximum absolute atomic E-state index is 7.20. The summed E-state index contributed by atoms with van der Waals surface area (Å²) < 4.78 is 14.4. The first-order chi connectivity index (χ1) is 17.5. The lowest BCUT2D eigenvalue weighted by molar-refractivity contribution is -0.186. The molecule has 6 fully saturated rings. The molecule has 0 bridgehead atoms. The maximum Gasteiger partial charge on any atom is 0.0612 e. The largest absolute Gasteiger partial charge is 0.378 e. The SMILES string of the molecule is CCCC1CCC(C2COC3CCC4(C)CCCCC4C3C3C(CCC4CCCCC43C)OC2)CC1. The number of fused-ring (bicyclic) bond motifs is 7. The Morgan fingerprint density at radius 2 is 1.42 bits per heavy atom. The van der Waals surface area contributed by atoms with Crippen LogP contribution in [0, 0.1) is 52.3 Å². The third-order valence-corrected chi connectivity index (χ3v) is 13.4. The van der Waals surface area contributed by atoms with E-state index in [0.29, 0.717) is 29.0 Å². The van der Waals surface area contributed by atoms with E-state index in [9.17, 15) is 0 Å². The fourth-order valence-electron chi connectivity index (χ4n) is 11.4. The predicted molar refractivity (Wildman–Crippen MR) is 149 cm³/mol. The highest BCUT2D eigenvalue weighted by atomic mass is 16.5. The van der Waals surface area contributed by atoms with Crippen LogP contribution in [0.5, 0.6) is 0 Å². The number of rotatable bonds is 3. The molecule has 6 aliphatic rings. The minimum Gasteiger partial charge on any atom is -0.378 e. The van der Waals surface area contributed by atoms with Gasteiger partial charge in [0.2, 0.25) is 0 Å². The molecular weight excluding hydrogens is 440 g/mol. The van der Waals surface area contributed by atoms with E-state index < -0.39 is 0 Å². The lowest BCUT2D eigenvalue weighted by Gasteiger charge is -2.62. The molecule has 0 N–H and O–H groups in total. The second-order valence-corrected chi connectivity index (χ2v) is 15.2. The second-order valence-electron chi connectivity index (χ2n) is 15.2. The van der Waals surface area contributed by atoms with Crippen molar-refractivity contribution in [1.82, 2.24) is 0 Å². The van der Waals surface area contributed by atoms with Crippen molar-refractivity contribution in [1.29, 1.82) is 0 Å². The summed E-state index contributed by atoms with van der Waals surface area (Å²) in [7, 11) is 0. The Kier molecular flexibility index (Phi) is 7.87. The first kappa shape index (κ1) is 26.2. The highest BCUT2D eigenvalue weighted by Gasteiger charge is 2.59. The van der Waals surface area contributed by atoms with Crippen molar-refractivity contribution < 1.29 is 9.47 Å². The summed E-state index contributed by atoms with van der Waals surface area (Å²) in [5.41, 5.74) is 1.03. The van der Waals surface area contributed by atoms with Gasteiger partial charge in [0.1, 0.15) is 0 Å². The number of hydrogen-bond donors (Lipinski definition) is 0. The summed E-state index contributed by atoms with van der Waals surface area (Å²) in [6, 6.07) is 0. The molecule has 2 nitrogen and oxygen atoms in total. The number of ether oxygens (including phenoxy) is 2. The van der Waals surface area contributed by atoms with Gasteiger partial charge in [0, 0.05) is 5.92 Å². The van der Waals surface area contributed by atoms with Gasteiger partial charge >= 0.3 is 0 Å². The van der Waals surface area contributed by atoms with Crippen LogP contribution in [-0.4, -0.2) is 25.4 Å². The van der Waals surface area contributed by atoms with Gasteiger partial charge in [0.05, 0.1) is 25.4 Å². The monoisotopic (exact) mass is 498 g/mol. The highest BCUT2D eigenvalue weighted by molar-refractivity contribution is 5.08. The van der Waals surface area contributed by atoms with Gasteiger partial charge in [-0.15, -0.1) is 0 Å². The van der Waals surface area contributed by atoms with Gasteiger partial charge in [0.25, 0.3) is 0 Å². The molecule has 0 spiro atoms.